The fourth-order valence-electron chi connectivity index (χ4n) is 4.11. The lowest BCUT2D eigenvalue weighted by molar-refractivity contribution is 0.0514. The van der Waals surface area contributed by atoms with E-state index in [1.165, 1.54) is 22.2 Å². The number of rotatable bonds is 7. The fraction of sp³-hybridized carbons (Fsp3) is 0.455. The van der Waals surface area contributed by atoms with Crippen LogP contribution in [0.3, 0.4) is 0 Å². The monoisotopic (exact) mass is 415 g/mol. The van der Waals surface area contributed by atoms with Crippen molar-refractivity contribution in [2.24, 2.45) is 0 Å². The molecule has 7 heteroatoms. The van der Waals surface area contributed by atoms with Gasteiger partial charge in [0.2, 0.25) is 0 Å². The topological polar surface area (TPSA) is 60.5 Å². The number of halogens is 1. The van der Waals surface area contributed by atoms with Crippen molar-refractivity contribution in [1.29, 1.82) is 0 Å². The number of carbonyl (C=O) groups is 1. The number of fused-ring (bicyclic) bond motifs is 3. The van der Waals surface area contributed by atoms with Crippen LogP contribution in [0.2, 0.25) is 5.02 Å². The highest BCUT2D eigenvalue weighted by Gasteiger charge is 2.22. The van der Waals surface area contributed by atoms with Crippen molar-refractivity contribution in [1.82, 2.24) is 14.6 Å². The number of esters is 1. The number of ether oxygens (including phenoxy) is 1. The van der Waals surface area contributed by atoms with Gasteiger partial charge in [-0.05, 0) is 50.6 Å². The first-order valence-corrected chi connectivity index (χ1v) is 10.6. The Bertz CT molecular complexity index is 1020. The number of nitrogens with zero attached hydrogens (tertiary/aromatic N) is 3. The molecule has 4 rings (SSSR count). The van der Waals surface area contributed by atoms with Crippen LogP contribution in [0, 0.1) is 0 Å². The molecule has 1 aliphatic rings. The zero-order valence-electron chi connectivity index (χ0n) is 16.9. The molecule has 0 amide bonds. The molecule has 0 saturated carbocycles. The molecular weight excluding hydrogens is 390 g/mol. The Hall–Kier alpha value is -2.31. The molecule has 0 saturated heterocycles. The fourth-order valence-corrected chi connectivity index (χ4v) is 4.29. The molecule has 0 atom stereocenters. The van der Waals surface area contributed by atoms with Gasteiger partial charge in [-0.3, -0.25) is 0 Å². The molecule has 0 bridgehead atoms. The molecule has 0 radical (unpaired) electrons. The predicted molar refractivity (Wildman–Crippen MR) is 112 cm³/mol. The SMILES string of the molecule is CCOC(=O)c1cc(CCCCn2c3c(c4cc(Cl)ccc42)CN(C)CC3)on1. The standard InChI is InChI=1S/C22H26ClN3O3/c1-3-28-22(27)19-13-16(29-24-19)6-4-5-10-26-20-8-7-15(23)12-17(20)18-14-25(2)11-9-21(18)26/h7-8,12-13H,3-6,9-11,14H2,1-2H3. The first-order valence-electron chi connectivity index (χ1n) is 10.2. The van der Waals surface area contributed by atoms with Crippen molar-refractivity contribution in [3.63, 3.8) is 0 Å². The minimum absolute atomic E-state index is 0.244. The van der Waals surface area contributed by atoms with Crippen molar-refractivity contribution in [2.75, 3.05) is 20.2 Å². The first-order chi connectivity index (χ1) is 14.1. The summed E-state index contributed by atoms with van der Waals surface area (Å²) in [5, 5.41) is 5.86. The second-order valence-corrected chi connectivity index (χ2v) is 8.02. The highest BCUT2D eigenvalue weighted by atomic mass is 35.5. The largest absolute Gasteiger partial charge is 0.461 e. The summed E-state index contributed by atoms with van der Waals surface area (Å²) in [5.74, 6) is 0.289. The average molecular weight is 416 g/mol. The highest BCUT2D eigenvalue weighted by Crippen LogP contribution is 2.32. The number of carbonyl (C=O) groups excluding carboxylic acids is 1. The van der Waals surface area contributed by atoms with E-state index in [0.717, 1.165) is 56.1 Å². The summed E-state index contributed by atoms with van der Waals surface area (Å²) < 4.78 is 12.7. The van der Waals surface area contributed by atoms with Gasteiger partial charge < -0.3 is 18.7 Å². The number of aromatic nitrogens is 2. The Balaban J connectivity index is 1.43. The Morgan fingerprint density at radius 2 is 2.17 bits per heavy atom. The summed E-state index contributed by atoms with van der Waals surface area (Å²) in [7, 11) is 2.17. The molecule has 1 aromatic carbocycles. The second kappa shape index (κ2) is 8.59. The van der Waals surface area contributed by atoms with Gasteiger partial charge in [-0.1, -0.05) is 16.8 Å². The normalized spacial score (nSPS) is 14.3. The van der Waals surface area contributed by atoms with Crippen LogP contribution in [0.1, 0.15) is 47.3 Å². The lowest BCUT2D eigenvalue weighted by Crippen LogP contribution is -2.27. The number of aryl methyl sites for hydroxylation is 2. The van der Waals surface area contributed by atoms with E-state index >= 15 is 0 Å². The van der Waals surface area contributed by atoms with Crippen LogP contribution in [0.4, 0.5) is 0 Å². The molecule has 0 aliphatic carbocycles. The summed E-state index contributed by atoms with van der Waals surface area (Å²) in [6.45, 7) is 5.10. The van der Waals surface area contributed by atoms with E-state index in [4.69, 9.17) is 20.9 Å². The summed E-state index contributed by atoms with van der Waals surface area (Å²) in [4.78, 5) is 14.0. The van der Waals surface area contributed by atoms with Crippen molar-refractivity contribution >= 4 is 28.5 Å². The van der Waals surface area contributed by atoms with Crippen molar-refractivity contribution in [3.05, 3.63) is 52.0 Å². The van der Waals surface area contributed by atoms with E-state index in [1.807, 2.05) is 6.07 Å². The molecule has 1 aliphatic heterocycles. The molecule has 0 N–H and O–H groups in total. The van der Waals surface area contributed by atoms with E-state index < -0.39 is 5.97 Å². The lowest BCUT2D eigenvalue weighted by atomic mass is 10.1. The smallest absolute Gasteiger partial charge is 0.360 e. The van der Waals surface area contributed by atoms with Crippen molar-refractivity contribution in [3.8, 4) is 0 Å². The third-order valence-electron chi connectivity index (χ3n) is 5.51. The molecular formula is C22H26ClN3O3. The van der Waals surface area contributed by atoms with Gasteiger partial charge in [-0.15, -0.1) is 0 Å². The van der Waals surface area contributed by atoms with E-state index in [2.05, 4.69) is 33.8 Å². The summed E-state index contributed by atoms with van der Waals surface area (Å²) in [6, 6.07) is 7.89. The van der Waals surface area contributed by atoms with Crippen LogP contribution in [0.25, 0.3) is 10.9 Å². The third kappa shape index (κ3) is 4.19. The molecule has 29 heavy (non-hydrogen) atoms. The quantitative estimate of drug-likeness (QED) is 0.421. The minimum Gasteiger partial charge on any atom is -0.461 e. The Kier molecular flexibility index (Phi) is 5.92. The second-order valence-electron chi connectivity index (χ2n) is 7.58. The molecule has 3 aromatic rings. The third-order valence-corrected chi connectivity index (χ3v) is 5.74. The minimum atomic E-state index is -0.434. The van der Waals surface area contributed by atoms with Crippen LogP contribution < -0.4 is 0 Å². The number of unbranched alkanes of at least 4 members (excludes halogenated alkanes) is 1. The van der Waals surface area contributed by atoms with Gasteiger partial charge in [-0.2, -0.15) is 0 Å². The van der Waals surface area contributed by atoms with Gasteiger partial charge in [0.1, 0.15) is 5.76 Å². The maximum Gasteiger partial charge on any atom is 0.360 e. The average Bonchev–Trinajstić information content (AvgIpc) is 3.28. The zero-order valence-corrected chi connectivity index (χ0v) is 17.7. The summed E-state index contributed by atoms with van der Waals surface area (Å²) in [5.41, 5.74) is 4.35. The van der Waals surface area contributed by atoms with Gasteiger partial charge in [0.15, 0.2) is 5.69 Å². The zero-order chi connectivity index (χ0) is 20.4. The molecule has 0 fully saturated rings. The molecule has 0 unspecified atom stereocenters. The van der Waals surface area contributed by atoms with Crippen LogP contribution in [-0.4, -0.2) is 40.8 Å². The molecule has 3 heterocycles. The maximum atomic E-state index is 11.7. The molecule has 6 nitrogen and oxygen atoms in total. The number of benzene rings is 1. The predicted octanol–water partition coefficient (Wildman–Crippen LogP) is 4.47. The Morgan fingerprint density at radius 1 is 1.31 bits per heavy atom. The van der Waals surface area contributed by atoms with E-state index in [0.29, 0.717) is 6.61 Å². The lowest BCUT2D eigenvalue weighted by Gasteiger charge is -2.24. The van der Waals surface area contributed by atoms with Crippen LogP contribution in [0.5, 0.6) is 0 Å². The molecule has 2 aromatic heterocycles. The summed E-state index contributed by atoms with van der Waals surface area (Å²) in [6.07, 6.45) is 3.79. The van der Waals surface area contributed by atoms with E-state index in [-0.39, 0.29) is 5.69 Å². The van der Waals surface area contributed by atoms with Gasteiger partial charge in [0.05, 0.1) is 6.61 Å². The Morgan fingerprint density at radius 3 is 3.00 bits per heavy atom. The summed E-state index contributed by atoms with van der Waals surface area (Å²) >= 11 is 6.27. The van der Waals surface area contributed by atoms with Crippen LogP contribution in [0.15, 0.2) is 28.8 Å². The van der Waals surface area contributed by atoms with Crippen LogP contribution >= 0.6 is 11.6 Å². The van der Waals surface area contributed by atoms with Gasteiger partial charge in [0, 0.05) is 60.2 Å². The van der Waals surface area contributed by atoms with E-state index in [1.54, 1.807) is 13.0 Å². The van der Waals surface area contributed by atoms with Crippen molar-refractivity contribution < 1.29 is 14.1 Å². The molecule has 0 spiro atoms. The highest BCUT2D eigenvalue weighted by molar-refractivity contribution is 6.31. The van der Waals surface area contributed by atoms with Crippen molar-refractivity contribution in [2.45, 2.75) is 45.7 Å². The van der Waals surface area contributed by atoms with E-state index in [9.17, 15) is 4.79 Å². The molecule has 154 valence electrons. The van der Waals surface area contributed by atoms with Gasteiger partial charge >= 0.3 is 5.97 Å². The Labute approximate surface area is 175 Å². The van der Waals surface area contributed by atoms with Gasteiger partial charge in [0.25, 0.3) is 0 Å². The first kappa shape index (κ1) is 20.0. The number of hydrogen-bond acceptors (Lipinski definition) is 5. The maximum absolute atomic E-state index is 11.7. The van der Waals surface area contributed by atoms with Crippen LogP contribution in [-0.2, 0) is 30.7 Å². The number of hydrogen-bond donors (Lipinski definition) is 0. The van der Waals surface area contributed by atoms with Gasteiger partial charge in [-0.25, -0.2) is 4.79 Å². The number of likely N-dealkylation sites (N-methyl/N-ethyl adjacent to an activating group) is 1.